The number of nitrogens with one attached hydrogen (secondary N) is 1. The van der Waals surface area contributed by atoms with Gasteiger partial charge in [-0.1, -0.05) is 18.2 Å². The number of hydrogen-bond donors (Lipinski definition) is 3. The first kappa shape index (κ1) is 15.8. The first-order valence-electron chi connectivity index (χ1n) is 8.08. The van der Waals surface area contributed by atoms with Crippen LogP contribution in [0.25, 0.3) is 21.8 Å². The highest BCUT2D eigenvalue weighted by molar-refractivity contribution is 5.97. The molecule has 0 radical (unpaired) electrons. The molecule has 0 aliphatic rings. The Morgan fingerprint density at radius 2 is 1.92 bits per heavy atom. The number of nitrogens with zero attached hydrogens (tertiary/aromatic N) is 3. The zero-order valence-electron chi connectivity index (χ0n) is 14.0. The van der Waals surface area contributed by atoms with E-state index in [-0.39, 0.29) is 11.5 Å². The van der Waals surface area contributed by atoms with Gasteiger partial charge in [-0.2, -0.15) is 5.10 Å². The van der Waals surface area contributed by atoms with E-state index in [9.17, 15) is 10.2 Å². The number of hydrogen-bond acceptors (Lipinski definition) is 6. The van der Waals surface area contributed by atoms with Gasteiger partial charge in [-0.05, 0) is 42.8 Å². The summed E-state index contributed by atoms with van der Waals surface area (Å²) in [7, 11) is 0. The second-order valence-electron chi connectivity index (χ2n) is 5.95. The molecule has 6 heteroatoms. The van der Waals surface area contributed by atoms with E-state index in [1.807, 2.05) is 37.3 Å². The molecule has 2 aromatic heterocycles. The number of pyridine rings is 2. The van der Waals surface area contributed by atoms with Gasteiger partial charge < -0.3 is 10.2 Å². The zero-order valence-corrected chi connectivity index (χ0v) is 14.0. The highest BCUT2D eigenvalue weighted by Crippen LogP contribution is 2.29. The fourth-order valence-electron chi connectivity index (χ4n) is 2.89. The molecule has 3 N–H and O–H groups in total. The van der Waals surface area contributed by atoms with Crippen molar-refractivity contribution in [3.8, 4) is 11.5 Å². The molecule has 26 heavy (non-hydrogen) atoms. The first-order chi connectivity index (χ1) is 12.6. The molecule has 0 amide bonds. The number of phenols is 2. The van der Waals surface area contributed by atoms with Crippen molar-refractivity contribution in [2.75, 3.05) is 5.43 Å². The number of anilines is 1. The van der Waals surface area contributed by atoms with Crippen LogP contribution >= 0.6 is 0 Å². The molecule has 0 aliphatic carbocycles. The van der Waals surface area contributed by atoms with E-state index in [1.54, 1.807) is 24.4 Å². The molecule has 128 valence electrons. The fraction of sp³-hybridized carbons (Fsp3) is 0.0500. The normalized spacial score (nSPS) is 11.4. The van der Waals surface area contributed by atoms with Gasteiger partial charge in [-0.3, -0.25) is 10.4 Å². The summed E-state index contributed by atoms with van der Waals surface area (Å²) in [5.41, 5.74) is 5.43. The summed E-state index contributed by atoms with van der Waals surface area (Å²) in [6.45, 7) is 1.96. The number of aromatic hydroxyl groups is 2. The van der Waals surface area contributed by atoms with Crippen LogP contribution in [0.4, 0.5) is 5.82 Å². The average molecular weight is 344 g/mol. The van der Waals surface area contributed by atoms with Crippen LogP contribution in [0.3, 0.4) is 0 Å². The minimum Gasteiger partial charge on any atom is -0.506 e. The van der Waals surface area contributed by atoms with Gasteiger partial charge in [0.1, 0.15) is 22.6 Å². The summed E-state index contributed by atoms with van der Waals surface area (Å²) in [6.07, 6.45) is 3.17. The van der Waals surface area contributed by atoms with E-state index in [0.717, 1.165) is 16.3 Å². The number of benzene rings is 2. The van der Waals surface area contributed by atoms with Crippen molar-refractivity contribution in [2.45, 2.75) is 6.92 Å². The number of rotatable bonds is 3. The summed E-state index contributed by atoms with van der Waals surface area (Å²) >= 11 is 0. The summed E-state index contributed by atoms with van der Waals surface area (Å²) in [5.74, 6) is 0.690. The number of hydrazone groups is 1. The van der Waals surface area contributed by atoms with Gasteiger partial charge in [0.25, 0.3) is 0 Å². The predicted octanol–water partition coefficient (Wildman–Crippen LogP) is 3.95. The van der Waals surface area contributed by atoms with Crippen LogP contribution in [-0.4, -0.2) is 26.4 Å². The van der Waals surface area contributed by atoms with Crippen molar-refractivity contribution in [2.24, 2.45) is 5.10 Å². The molecule has 2 aromatic carbocycles. The maximum atomic E-state index is 10.4. The van der Waals surface area contributed by atoms with Crippen LogP contribution in [0.2, 0.25) is 0 Å². The van der Waals surface area contributed by atoms with Crippen LogP contribution in [0.15, 0.2) is 59.8 Å². The van der Waals surface area contributed by atoms with Gasteiger partial charge in [-0.25, -0.2) is 4.98 Å². The summed E-state index contributed by atoms with van der Waals surface area (Å²) in [4.78, 5) is 8.59. The monoisotopic (exact) mass is 344 g/mol. The zero-order chi connectivity index (χ0) is 18.1. The quantitative estimate of drug-likeness (QED) is 0.387. The largest absolute Gasteiger partial charge is 0.506 e. The van der Waals surface area contributed by atoms with Crippen LogP contribution in [0, 0.1) is 6.92 Å². The Bertz CT molecular complexity index is 1160. The number of fused-ring (bicyclic) bond motifs is 2. The SMILES string of the molecule is Cc1cc(C=NNc2ccc3cccc(O)c3n2)c(O)c2ncccc12. The van der Waals surface area contributed by atoms with Crippen molar-refractivity contribution in [1.82, 2.24) is 9.97 Å². The second kappa shape index (κ2) is 6.33. The average Bonchev–Trinajstić information content (AvgIpc) is 2.66. The highest BCUT2D eigenvalue weighted by Gasteiger charge is 2.08. The lowest BCUT2D eigenvalue weighted by atomic mass is 10.0. The van der Waals surface area contributed by atoms with E-state index in [1.165, 1.54) is 6.21 Å². The van der Waals surface area contributed by atoms with Crippen LogP contribution in [0.5, 0.6) is 11.5 Å². The summed E-state index contributed by atoms with van der Waals surface area (Å²) < 4.78 is 0. The van der Waals surface area contributed by atoms with Gasteiger partial charge >= 0.3 is 0 Å². The fourth-order valence-corrected chi connectivity index (χ4v) is 2.89. The predicted molar refractivity (Wildman–Crippen MR) is 103 cm³/mol. The van der Waals surface area contributed by atoms with Gasteiger partial charge in [0, 0.05) is 22.5 Å². The molecule has 0 bridgehead atoms. The number of phenolic OH excluding ortho intramolecular Hbond substituents is 2. The van der Waals surface area contributed by atoms with Crippen molar-refractivity contribution in [1.29, 1.82) is 0 Å². The lowest BCUT2D eigenvalue weighted by molar-refractivity contribution is 0.479. The molecule has 2 heterocycles. The smallest absolute Gasteiger partial charge is 0.150 e. The van der Waals surface area contributed by atoms with E-state index < -0.39 is 0 Å². The van der Waals surface area contributed by atoms with Gasteiger partial charge in [0.05, 0.1) is 6.21 Å². The Labute approximate surface area is 149 Å². The van der Waals surface area contributed by atoms with E-state index in [0.29, 0.717) is 22.4 Å². The van der Waals surface area contributed by atoms with Crippen LogP contribution in [0.1, 0.15) is 11.1 Å². The molecule has 4 rings (SSSR count). The first-order valence-corrected chi connectivity index (χ1v) is 8.08. The van der Waals surface area contributed by atoms with E-state index in [4.69, 9.17) is 0 Å². The lowest BCUT2D eigenvalue weighted by Gasteiger charge is -2.07. The molecular weight excluding hydrogens is 328 g/mol. The van der Waals surface area contributed by atoms with Crippen molar-refractivity contribution in [3.63, 3.8) is 0 Å². The molecule has 0 atom stereocenters. The third-order valence-electron chi connectivity index (χ3n) is 4.18. The second-order valence-corrected chi connectivity index (χ2v) is 5.95. The molecule has 0 saturated carbocycles. The van der Waals surface area contributed by atoms with Crippen molar-refractivity contribution < 1.29 is 10.2 Å². The van der Waals surface area contributed by atoms with Gasteiger partial charge in [0.15, 0.2) is 5.75 Å². The third-order valence-corrected chi connectivity index (χ3v) is 4.18. The standard InChI is InChI=1S/C20H16N4O2/c1-12-10-14(20(26)19-15(12)5-3-9-21-19)11-22-24-17-8-7-13-4-2-6-16(25)18(13)23-17/h2-11,25-26H,1H3,(H,23,24). The molecule has 0 spiro atoms. The summed E-state index contributed by atoms with van der Waals surface area (Å²) in [6, 6.07) is 14.5. The molecule has 0 saturated heterocycles. The van der Waals surface area contributed by atoms with Crippen molar-refractivity contribution >= 4 is 33.8 Å². The molecule has 4 aromatic rings. The Hall–Kier alpha value is -3.67. The van der Waals surface area contributed by atoms with Crippen LogP contribution < -0.4 is 5.43 Å². The number of aromatic nitrogens is 2. The Kier molecular flexibility index (Phi) is 3.85. The third kappa shape index (κ3) is 2.77. The molecule has 6 nitrogen and oxygen atoms in total. The maximum absolute atomic E-state index is 10.4. The van der Waals surface area contributed by atoms with Gasteiger partial charge in [-0.15, -0.1) is 0 Å². The lowest BCUT2D eigenvalue weighted by Crippen LogP contribution is -1.95. The minimum absolute atomic E-state index is 0.0841. The Morgan fingerprint density at radius 3 is 2.81 bits per heavy atom. The molecule has 0 fully saturated rings. The number of aryl methyl sites for hydroxylation is 1. The molecule has 0 unspecified atom stereocenters. The van der Waals surface area contributed by atoms with Crippen molar-refractivity contribution in [3.05, 3.63) is 65.9 Å². The van der Waals surface area contributed by atoms with Crippen LogP contribution in [-0.2, 0) is 0 Å². The summed E-state index contributed by atoms with van der Waals surface area (Å²) in [5, 5.41) is 26.2. The van der Waals surface area contributed by atoms with E-state index in [2.05, 4.69) is 20.5 Å². The Balaban J connectivity index is 1.64. The maximum Gasteiger partial charge on any atom is 0.150 e. The van der Waals surface area contributed by atoms with Gasteiger partial charge in [0.2, 0.25) is 0 Å². The van der Waals surface area contributed by atoms with E-state index >= 15 is 0 Å². The number of para-hydroxylation sites is 1. The topological polar surface area (TPSA) is 90.6 Å². The molecular formula is C20H16N4O2. The Morgan fingerprint density at radius 1 is 1.04 bits per heavy atom. The molecule has 0 aliphatic heterocycles. The minimum atomic E-state index is 0.0841. The highest BCUT2D eigenvalue weighted by atomic mass is 16.3.